The third-order valence-electron chi connectivity index (χ3n) is 4.54. The van der Waals surface area contributed by atoms with Gasteiger partial charge in [0.1, 0.15) is 0 Å². The molecule has 0 bridgehead atoms. The molecule has 0 unspecified atom stereocenters. The van der Waals surface area contributed by atoms with Gasteiger partial charge in [-0.25, -0.2) is 0 Å². The van der Waals surface area contributed by atoms with Crippen LogP contribution in [0.5, 0.6) is 0 Å². The Morgan fingerprint density at radius 1 is 0.654 bits per heavy atom. The summed E-state index contributed by atoms with van der Waals surface area (Å²) in [6, 6.07) is 21.1. The lowest BCUT2D eigenvalue weighted by Gasteiger charge is -2.11. The summed E-state index contributed by atoms with van der Waals surface area (Å²) in [5, 5.41) is 0. The highest BCUT2D eigenvalue weighted by atomic mass is 14.8. The Morgan fingerprint density at radius 2 is 1.15 bits per heavy atom. The Bertz CT molecular complexity index is 932. The Balaban J connectivity index is 2.12. The second-order valence-electron chi connectivity index (χ2n) is 6.64. The lowest BCUT2D eigenvalue weighted by Crippen LogP contribution is -1.97. The number of benzene rings is 2. The molecule has 2 aromatic carbocycles. The van der Waals surface area contributed by atoms with Crippen molar-refractivity contribution in [3.63, 3.8) is 0 Å². The van der Waals surface area contributed by atoms with E-state index in [1.807, 2.05) is 24.5 Å². The Morgan fingerprint density at radius 3 is 1.69 bits per heavy atom. The molecule has 0 N–H and O–H groups in total. The van der Waals surface area contributed by atoms with Gasteiger partial charge in [0.15, 0.2) is 0 Å². The van der Waals surface area contributed by atoms with Crippen molar-refractivity contribution >= 4 is 17.0 Å². The Hall–Kier alpha value is -3.00. The predicted octanol–water partition coefficient (Wildman–Crippen LogP) is 6.10. The van der Waals surface area contributed by atoms with Crippen molar-refractivity contribution in [2.75, 3.05) is 0 Å². The SMILES string of the molecule is CC(=N/C(=C(\C)c1ccc(C)cc1)c1ccncc1)c1ccc(C)cc1. The molecule has 2 nitrogen and oxygen atoms in total. The van der Waals surface area contributed by atoms with Crippen molar-refractivity contribution in [1.29, 1.82) is 0 Å². The molecule has 0 aliphatic heterocycles. The number of hydrogen-bond donors (Lipinski definition) is 0. The van der Waals surface area contributed by atoms with Crippen molar-refractivity contribution in [2.45, 2.75) is 27.7 Å². The lowest BCUT2D eigenvalue weighted by molar-refractivity contribution is 1.30. The first-order chi connectivity index (χ1) is 12.5. The van der Waals surface area contributed by atoms with Crippen LogP contribution in [0.2, 0.25) is 0 Å². The monoisotopic (exact) mass is 340 g/mol. The van der Waals surface area contributed by atoms with Gasteiger partial charge in [0.05, 0.1) is 5.70 Å². The summed E-state index contributed by atoms with van der Waals surface area (Å²) in [5.41, 5.74) is 9.04. The summed E-state index contributed by atoms with van der Waals surface area (Å²) < 4.78 is 0. The molecule has 0 fully saturated rings. The largest absolute Gasteiger partial charge is 0.265 e. The van der Waals surface area contributed by atoms with Crippen LogP contribution in [0.15, 0.2) is 78.0 Å². The van der Waals surface area contributed by atoms with Crippen LogP contribution in [-0.2, 0) is 0 Å². The third kappa shape index (κ3) is 4.15. The predicted molar refractivity (Wildman–Crippen MR) is 111 cm³/mol. The zero-order valence-electron chi connectivity index (χ0n) is 15.8. The molecule has 2 heteroatoms. The molecule has 1 aromatic heterocycles. The maximum Gasteiger partial charge on any atom is 0.0741 e. The standard InChI is InChI=1S/C24H24N2/c1-17-5-9-21(10-6-17)19(3)24(23-13-15-25-16-14-23)26-20(4)22-11-7-18(2)8-12-22/h5-16H,1-4H3/b24-19+,26-20?. The van der Waals surface area contributed by atoms with Crippen LogP contribution >= 0.6 is 0 Å². The maximum atomic E-state index is 5.01. The first-order valence-corrected chi connectivity index (χ1v) is 8.85. The summed E-state index contributed by atoms with van der Waals surface area (Å²) >= 11 is 0. The molecule has 130 valence electrons. The van der Waals surface area contributed by atoms with Gasteiger partial charge in [-0.1, -0.05) is 59.7 Å². The number of rotatable bonds is 4. The van der Waals surface area contributed by atoms with Crippen LogP contribution in [0.3, 0.4) is 0 Å². The first-order valence-electron chi connectivity index (χ1n) is 8.85. The van der Waals surface area contributed by atoms with E-state index < -0.39 is 0 Å². The van der Waals surface area contributed by atoms with Crippen LogP contribution in [-0.4, -0.2) is 10.7 Å². The number of aromatic nitrogens is 1. The lowest BCUT2D eigenvalue weighted by atomic mass is 10.00. The van der Waals surface area contributed by atoms with E-state index in [1.165, 1.54) is 16.7 Å². The number of allylic oxidation sites excluding steroid dienone is 1. The maximum absolute atomic E-state index is 5.01. The Labute approximate surface area is 156 Å². The van der Waals surface area contributed by atoms with Crippen LogP contribution in [0, 0.1) is 13.8 Å². The second-order valence-corrected chi connectivity index (χ2v) is 6.64. The number of hydrogen-bond acceptors (Lipinski definition) is 2. The number of aliphatic imine (C=N–C) groups is 1. The summed E-state index contributed by atoms with van der Waals surface area (Å²) in [6.45, 7) is 8.40. The molecule has 3 aromatic rings. The zero-order valence-corrected chi connectivity index (χ0v) is 15.8. The van der Waals surface area contributed by atoms with Crippen LogP contribution < -0.4 is 0 Å². The normalized spacial score (nSPS) is 12.7. The fourth-order valence-corrected chi connectivity index (χ4v) is 2.84. The molecule has 0 amide bonds. The van der Waals surface area contributed by atoms with Crippen LogP contribution in [0.1, 0.15) is 41.7 Å². The average Bonchev–Trinajstić information content (AvgIpc) is 2.67. The number of pyridine rings is 1. The van der Waals surface area contributed by atoms with Gasteiger partial charge in [0.25, 0.3) is 0 Å². The summed E-state index contributed by atoms with van der Waals surface area (Å²) in [5.74, 6) is 0. The quantitative estimate of drug-likeness (QED) is 0.527. The van der Waals surface area contributed by atoms with Gasteiger partial charge in [0, 0.05) is 23.7 Å². The molecule has 0 saturated carbocycles. The zero-order chi connectivity index (χ0) is 18.5. The third-order valence-corrected chi connectivity index (χ3v) is 4.54. The second kappa shape index (κ2) is 7.92. The molecular formula is C24H24N2. The van der Waals surface area contributed by atoms with E-state index in [2.05, 4.69) is 81.2 Å². The highest BCUT2D eigenvalue weighted by Crippen LogP contribution is 2.28. The fourth-order valence-electron chi connectivity index (χ4n) is 2.84. The van der Waals surface area contributed by atoms with Gasteiger partial charge in [-0.2, -0.15) is 0 Å². The minimum atomic E-state index is 0.981. The minimum Gasteiger partial charge on any atom is -0.265 e. The first kappa shape index (κ1) is 17.8. The molecule has 0 saturated heterocycles. The Kier molecular flexibility index (Phi) is 5.43. The van der Waals surface area contributed by atoms with Crippen molar-refractivity contribution in [3.8, 4) is 0 Å². The van der Waals surface area contributed by atoms with E-state index in [4.69, 9.17) is 4.99 Å². The van der Waals surface area contributed by atoms with Crippen molar-refractivity contribution in [1.82, 2.24) is 4.98 Å². The molecular weight excluding hydrogens is 316 g/mol. The van der Waals surface area contributed by atoms with E-state index in [1.54, 1.807) is 0 Å². The molecule has 0 aliphatic rings. The fraction of sp³-hybridized carbons (Fsp3) is 0.167. The average molecular weight is 340 g/mol. The smallest absolute Gasteiger partial charge is 0.0741 e. The van der Waals surface area contributed by atoms with Gasteiger partial charge in [-0.3, -0.25) is 9.98 Å². The van der Waals surface area contributed by atoms with Crippen LogP contribution in [0.25, 0.3) is 11.3 Å². The molecule has 26 heavy (non-hydrogen) atoms. The van der Waals surface area contributed by atoms with Crippen molar-refractivity contribution in [2.24, 2.45) is 4.99 Å². The van der Waals surface area contributed by atoms with Crippen molar-refractivity contribution < 1.29 is 0 Å². The highest BCUT2D eigenvalue weighted by Gasteiger charge is 2.09. The van der Waals surface area contributed by atoms with E-state index in [9.17, 15) is 0 Å². The molecule has 1 heterocycles. The summed E-state index contributed by atoms with van der Waals surface area (Å²) in [4.78, 5) is 9.16. The van der Waals surface area contributed by atoms with Gasteiger partial charge in [-0.15, -0.1) is 0 Å². The van der Waals surface area contributed by atoms with Gasteiger partial charge >= 0.3 is 0 Å². The van der Waals surface area contributed by atoms with Crippen molar-refractivity contribution in [3.05, 3.63) is 101 Å². The summed E-state index contributed by atoms with van der Waals surface area (Å²) in [7, 11) is 0. The molecule has 0 spiro atoms. The molecule has 0 aliphatic carbocycles. The molecule has 3 rings (SSSR count). The number of nitrogens with zero attached hydrogens (tertiary/aromatic N) is 2. The van der Waals surface area contributed by atoms with E-state index in [0.717, 1.165) is 28.1 Å². The molecule has 0 atom stereocenters. The van der Waals surface area contributed by atoms with Gasteiger partial charge < -0.3 is 0 Å². The van der Waals surface area contributed by atoms with E-state index in [-0.39, 0.29) is 0 Å². The van der Waals surface area contributed by atoms with Crippen LogP contribution in [0.4, 0.5) is 0 Å². The highest BCUT2D eigenvalue weighted by molar-refractivity contribution is 6.04. The van der Waals surface area contributed by atoms with E-state index in [0.29, 0.717) is 0 Å². The topological polar surface area (TPSA) is 25.2 Å². The van der Waals surface area contributed by atoms with E-state index >= 15 is 0 Å². The van der Waals surface area contributed by atoms with Gasteiger partial charge in [-0.05, 0) is 56.5 Å². The molecule has 0 radical (unpaired) electrons. The van der Waals surface area contributed by atoms with Gasteiger partial charge in [0.2, 0.25) is 0 Å². The minimum absolute atomic E-state index is 0.981. The summed E-state index contributed by atoms with van der Waals surface area (Å²) in [6.07, 6.45) is 3.63. The number of aryl methyl sites for hydroxylation is 2.